The summed E-state index contributed by atoms with van der Waals surface area (Å²) in [6.45, 7) is 2.92. The number of fused-ring (bicyclic) bond motifs is 1. The van der Waals surface area contributed by atoms with Crippen LogP contribution in [-0.4, -0.2) is 88.5 Å². The minimum absolute atomic E-state index is 0.0148. The molecule has 2 aromatic rings. The molecule has 0 bridgehead atoms. The number of hydrogen-bond acceptors (Lipinski definition) is 9. The van der Waals surface area contributed by atoms with E-state index in [4.69, 9.17) is 21.3 Å². The van der Waals surface area contributed by atoms with Crippen LogP contribution in [0.5, 0.6) is 0 Å². The van der Waals surface area contributed by atoms with Crippen molar-refractivity contribution in [1.29, 1.82) is 0 Å². The summed E-state index contributed by atoms with van der Waals surface area (Å²) in [5.74, 6) is -5.89. The van der Waals surface area contributed by atoms with Crippen molar-refractivity contribution < 1.29 is 32.6 Å². The summed E-state index contributed by atoms with van der Waals surface area (Å²) in [4.78, 5) is 37.0. The topological polar surface area (TPSA) is 107 Å². The van der Waals surface area contributed by atoms with Gasteiger partial charge in [0.15, 0.2) is 10.8 Å². The van der Waals surface area contributed by atoms with Crippen molar-refractivity contribution in [3.8, 4) is 0 Å². The van der Waals surface area contributed by atoms with Crippen LogP contribution in [0, 0.1) is 11.7 Å². The van der Waals surface area contributed by atoms with Crippen molar-refractivity contribution >= 4 is 40.7 Å². The van der Waals surface area contributed by atoms with E-state index in [0.29, 0.717) is 35.1 Å². The minimum Gasteiger partial charge on any atom is -0.481 e. The van der Waals surface area contributed by atoms with E-state index in [1.165, 1.54) is 30.4 Å². The second-order valence-electron chi connectivity index (χ2n) is 10.3. The number of carbonyl (C=O) groups excluding carboxylic acids is 1. The van der Waals surface area contributed by atoms with Crippen molar-refractivity contribution in [3.05, 3.63) is 62.5 Å². The van der Waals surface area contributed by atoms with Gasteiger partial charge in [-0.15, -0.1) is 11.3 Å². The average Bonchev–Trinajstić information content (AvgIpc) is 3.63. The number of benzene rings is 1. The second kappa shape index (κ2) is 11.7. The van der Waals surface area contributed by atoms with E-state index in [2.05, 4.69) is 10.3 Å². The van der Waals surface area contributed by atoms with Crippen molar-refractivity contribution in [2.24, 2.45) is 10.9 Å². The molecule has 1 aromatic heterocycles. The Morgan fingerprint density at radius 1 is 1.34 bits per heavy atom. The molecular weight excluding hydrogens is 583 g/mol. The summed E-state index contributed by atoms with van der Waals surface area (Å²) < 4.78 is 50.2. The summed E-state index contributed by atoms with van der Waals surface area (Å²) in [7, 11) is 0. The van der Waals surface area contributed by atoms with Gasteiger partial charge in [-0.25, -0.2) is 22.9 Å². The number of halogens is 4. The summed E-state index contributed by atoms with van der Waals surface area (Å²) in [6.07, 6.45) is 2.00. The van der Waals surface area contributed by atoms with Gasteiger partial charge in [-0.05, 0) is 25.5 Å². The molecule has 4 heterocycles. The molecule has 41 heavy (non-hydrogen) atoms. The van der Waals surface area contributed by atoms with Gasteiger partial charge in [0.1, 0.15) is 11.9 Å². The third-order valence-corrected chi connectivity index (χ3v) is 8.70. The van der Waals surface area contributed by atoms with Crippen LogP contribution in [0.4, 0.5) is 13.2 Å². The van der Waals surface area contributed by atoms with Crippen LogP contribution < -0.4 is 5.32 Å². The Labute approximate surface area is 243 Å². The predicted octanol–water partition coefficient (Wildman–Crippen LogP) is 3.96. The number of likely N-dealkylation sites (tertiary alicyclic amines) is 2. The Bertz CT molecular complexity index is 1390. The van der Waals surface area contributed by atoms with E-state index in [9.17, 15) is 19.1 Å². The Morgan fingerprint density at radius 3 is 2.78 bits per heavy atom. The van der Waals surface area contributed by atoms with Crippen molar-refractivity contribution in [2.45, 2.75) is 44.3 Å². The first-order valence-electron chi connectivity index (χ1n) is 13.2. The maximum absolute atomic E-state index is 15.5. The van der Waals surface area contributed by atoms with E-state index in [1.807, 2.05) is 0 Å². The molecule has 2 fully saturated rings. The number of amidine groups is 1. The summed E-state index contributed by atoms with van der Waals surface area (Å²) in [5, 5.41) is 14.8. The number of carboxylic acid groups (broad SMARTS) is 1. The molecule has 220 valence electrons. The Morgan fingerprint density at radius 2 is 2.12 bits per heavy atom. The van der Waals surface area contributed by atoms with Gasteiger partial charge in [-0.1, -0.05) is 24.6 Å². The molecule has 5 rings (SSSR count). The fourth-order valence-electron chi connectivity index (χ4n) is 5.83. The number of aromatic nitrogens is 1. The van der Waals surface area contributed by atoms with Crippen molar-refractivity contribution in [1.82, 2.24) is 20.1 Å². The van der Waals surface area contributed by atoms with Crippen LogP contribution in [-0.2, 0) is 14.3 Å². The lowest BCUT2D eigenvalue weighted by Crippen LogP contribution is -2.47. The first kappa shape index (κ1) is 29.5. The SMILES string of the molecule is CCOC(=O)C1=C(CN2CC(F)(F)[C@H]3[C@@H]2CCN3C[C@H](C)C(=O)O)NC(c2nccs2)=N[C@H]1c1ccc(F)cc1Cl. The molecule has 3 aliphatic rings. The second-order valence-corrected chi connectivity index (χ2v) is 11.6. The number of aliphatic imine (C=N–C) groups is 1. The molecule has 0 unspecified atom stereocenters. The number of rotatable bonds is 9. The van der Waals surface area contributed by atoms with Gasteiger partial charge in [0, 0.05) is 53.5 Å². The van der Waals surface area contributed by atoms with E-state index in [1.54, 1.807) is 28.3 Å². The maximum Gasteiger partial charge on any atom is 0.338 e. The Hall–Kier alpha value is -3.00. The molecule has 14 heteroatoms. The van der Waals surface area contributed by atoms with Gasteiger partial charge in [0.2, 0.25) is 0 Å². The van der Waals surface area contributed by atoms with Crippen LogP contribution in [0.15, 0.2) is 46.0 Å². The average molecular weight is 612 g/mol. The van der Waals surface area contributed by atoms with Crippen LogP contribution in [0.25, 0.3) is 0 Å². The lowest BCUT2D eigenvalue weighted by molar-refractivity contribution is -0.142. The Balaban J connectivity index is 1.54. The molecule has 2 N–H and O–H groups in total. The van der Waals surface area contributed by atoms with Gasteiger partial charge < -0.3 is 15.2 Å². The highest BCUT2D eigenvalue weighted by atomic mass is 35.5. The zero-order chi connectivity index (χ0) is 29.5. The lowest BCUT2D eigenvalue weighted by Gasteiger charge is -2.31. The van der Waals surface area contributed by atoms with Crippen LogP contribution in [0.2, 0.25) is 5.02 Å². The number of ether oxygens (including phenoxy) is 1. The van der Waals surface area contributed by atoms with Crippen LogP contribution in [0.1, 0.15) is 36.9 Å². The summed E-state index contributed by atoms with van der Waals surface area (Å²) >= 11 is 7.71. The number of carboxylic acids is 1. The molecule has 2 saturated heterocycles. The number of aliphatic carboxylic acids is 1. The highest BCUT2D eigenvalue weighted by Crippen LogP contribution is 2.43. The maximum atomic E-state index is 15.5. The summed E-state index contributed by atoms with van der Waals surface area (Å²) in [6, 6.07) is 1.03. The molecule has 4 atom stereocenters. The van der Waals surface area contributed by atoms with Crippen LogP contribution in [0.3, 0.4) is 0 Å². The first-order chi connectivity index (χ1) is 19.5. The molecule has 0 aliphatic carbocycles. The van der Waals surface area contributed by atoms with Crippen LogP contribution >= 0.6 is 22.9 Å². The molecule has 1 aromatic carbocycles. The van der Waals surface area contributed by atoms with Gasteiger partial charge in [-0.3, -0.25) is 19.6 Å². The van der Waals surface area contributed by atoms with Crippen molar-refractivity contribution in [2.75, 3.05) is 32.8 Å². The highest BCUT2D eigenvalue weighted by Gasteiger charge is 2.59. The van der Waals surface area contributed by atoms with E-state index in [0.717, 1.165) is 6.07 Å². The smallest absolute Gasteiger partial charge is 0.338 e. The number of thiazole rings is 1. The number of nitrogens with zero attached hydrogens (tertiary/aromatic N) is 4. The standard InChI is InChI=1S/C27H29ClF3N5O4S/c1-3-40-26(39)20-18(12-36-13-27(30,31)22-19(36)6-8-35(22)11-14(2)25(37)38)33-23(24-32-7-9-41-24)34-21(20)16-5-4-15(29)10-17(16)28/h4-5,7,9-10,14,19,21-22H,3,6,8,11-13H2,1-2H3,(H,33,34)(H,37,38)/t14-,19-,21-,22+/m0/s1. The normalized spacial score (nSPS) is 25.0. The minimum atomic E-state index is -3.11. The zero-order valence-electron chi connectivity index (χ0n) is 22.3. The highest BCUT2D eigenvalue weighted by molar-refractivity contribution is 7.11. The Kier molecular flexibility index (Phi) is 8.42. The largest absolute Gasteiger partial charge is 0.481 e. The number of alkyl halides is 2. The molecule has 3 aliphatic heterocycles. The zero-order valence-corrected chi connectivity index (χ0v) is 23.9. The van der Waals surface area contributed by atoms with Gasteiger partial charge in [0.05, 0.1) is 30.7 Å². The predicted molar refractivity (Wildman–Crippen MR) is 147 cm³/mol. The third kappa shape index (κ3) is 5.85. The molecular formula is C27H29ClF3N5O4S. The number of esters is 1. The van der Waals surface area contributed by atoms with Gasteiger partial charge in [-0.2, -0.15) is 0 Å². The van der Waals surface area contributed by atoms with E-state index in [-0.39, 0.29) is 30.3 Å². The monoisotopic (exact) mass is 611 g/mol. The van der Waals surface area contributed by atoms with E-state index >= 15 is 8.78 Å². The van der Waals surface area contributed by atoms with Gasteiger partial charge >= 0.3 is 11.9 Å². The third-order valence-electron chi connectivity index (χ3n) is 7.59. The number of carbonyl (C=O) groups is 2. The molecule has 0 amide bonds. The fraction of sp³-hybridized carbons (Fsp3) is 0.481. The van der Waals surface area contributed by atoms with E-state index < -0.39 is 54.3 Å². The molecule has 9 nitrogen and oxygen atoms in total. The van der Waals surface area contributed by atoms with Crippen molar-refractivity contribution in [3.63, 3.8) is 0 Å². The number of nitrogens with one attached hydrogen (secondary N) is 1. The summed E-state index contributed by atoms with van der Waals surface area (Å²) in [5.41, 5.74) is 0.744. The molecule has 0 saturated carbocycles. The molecule has 0 radical (unpaired) electrons. The molecule has 0 spiro atoms. The lowest BCUT2D eigenvalue weighted by atomic mass is 9.95. The fourth-order valence-corrected chi connectivity index (χ4v) is 6.69. The number of hydrogen-bond donors (Lipinski definition) is 2. The first-order valence-corrected chi connectivity index (χ1v) is 14.4. The van der Waals surface area contributed by atoms with Gasteiger partial charge in [0.25, 0.3) is 5.92 Å². The quantitative estimate of drug-likeness (QED) is 0.411.